The van der Waals surface area contributed by atoms with Crippen LogP contribution in [0.15, 0.2) is 267 Å². The number of rotatable bonds is 7. The van der Waals surface area contributed by atoms with Gasteiger partial charge in [0.1, 0.15) is 0 Å². The molecule has 0 radical (unpaired) electrons. The maximum Gasteiger partial charge on any atom is 0.0465 e. The number of benzene rings is 12. The van der Waals surface area contributed by atoms with Crippen LogP contribution in [0, 0.1) is 0 Å². The lowest BCUT2D eigenvalue weighted by Crippen LogP contribution is -2.26. The van der Waals surface area contributed by atoms with E-state index in [1.807, 2.05) is 0 Å². The highest BCUT2D eigenvalue weighted by Crippen LogP contribution is 2.59. The Morgan fingerprint density at radius 3 is 1.05 bits per heavy atom. The summed E-state index contributed by atoms with van der Waals surface area (Å²) in [6, 6.07) is 100. The second-order valence-electron chi connectivity index (χ2n) is 21.7. The minimum atomic E-state index is -0.129. The molecule has 0 saturated heterocycles. The number of hydrogen-bond donors (Lipinski definition) is 0. The second kappa shape index (κ2) is 16.6. The van der Waals surface area contributed by atoms with Crippen LogP contribution in [0.2, 0.25) is 0 Å². The van der Waals surface area contributed by atoms with Gasteiger partial charge in [-0.25, -0.2) is 0 Å². The molecule has 16 rings (SSSR count). The van der Waals surface area contributed by atoms with E-state index in [4.69, 9.17) is 0 Å². The molecule has 4 aliphatic carbocycles. The van der Waals surface area contributed by atoms with Gasteiger partial charge in [0.25, 0.3) is 0 Å². The summed E-state index contributed by atoms with van der Waals surface area (Å²) < 4.78 is 0. The second-order valence-corrected chi connectivity index (χ2v) is 21.7. The highest BCUT2D eigenvalue weighted by atomic mass is 15.1. The molecule has 0 heterocycles. The number of nitrogens with zero attached hydrogens (tertiary/aromatic N) is 2. The Morgan fingerprint density at radius 2 is 0.605 bits per heavy atom. The zero-order chi connectivity index (χ0) is 50.0. The van der Waals surface area contributed by atoms with E-state index in [9.17, 15) is 0 Å². The van der Waals surface area contributed by atoms with E-state index < -0.39 is 0 Å². The van der Waals surface area contributed by atoms with Crippen molar-refractivity contribution in [2.24, 2.45) is 0 Å². The van der Waals surface area contributed by atoms with Gasteiger partial charge in [-0.3, -0.25) is 0 Å². The summed E-state index contributed by atoms with van der Waals surface area (Å²) in [6.45, 7) is 0. The van der Waals surface area contributed by atoms with Gasteiger partial charge in [0.2, 0.25) is 0 Å². The zero-order valence-corrected chi connectivity index (χ0v) is 42.1. The van der Waals surface area contributed by atoms with Gasteiger partial charge < -0.3 is 9.80 Å². The molecule has 4 aliphatic rings. The number of para-hydroxylation sites is 2. The molecule has 0 aromatic heterocycles. The molecule has 2 heteroatoms. The molecular weight excluding hydrogens is 917 g/mol. The SMILES string of the molecule is c1ccc(N(c2ccc(-c3ccc(N(c4ccccc4)c4ccc5c(c4)C4(Cc6ccc7ccccc7c6C4)c4ccccc4-5)cc3)cc2)c2ccc3c(c2)C2(Cc4ccc5ccccc5c4C2)c2ccccc2-3)cc1. The van der Waals surface area contributed by atoms with Crippen molar-refractivity contribution in [1.82, 2.24) is 0 Å². The average Bonchev–Trinajstić information content (AvgIpc) is 4.41. The van der Waals surface area contributed by atoms with Crippen molar-refractivity contribution in [1.29, 1.82) is 0 Å². The van der Waals surface area contributed by atoms with Crippen LogP contribution in [0.5, 0.6) is 0 Å². The molecule has 2 spiro atoms. The smallest absolute Gasteiger partial charge is 0.0465 e. The fourth-order valence-corrected chi connectivity index (χ4v) is 14.5. The fourth-order valence-electron chi connectivity index (χ4n) is 14.5. The number of anilines is 6. The minimum absolute atomic E-state index is 0.129. The Hall–Kier alpha value is -9.24. The molecule has 0 bridgehead atoms. The van der Waals surface area contributed by atoms with Gasteiger partial charge >= 0.3 is 0 Å². The lowest BCUT2D eigenvalue weighted by Gasteiger charge is -2.30. The molecule has 0 fully saturated rings. The van der Waals surface area contributed by atoms with Crippen LogP contribution < -0.4 is 9.80 Å². The third-order valence-corrected chi connectivity index (χ3v) is 17.8. The van der Waals surface area contributed by atoms with Crippen LogP contribution in [-0.2, 0) is 36.5 Å². The molecule has 2 unspecified atom stereocenters. The van der Waals surface area contributed by atoms with Gasteiger partial charge in [-0.2, -0.15) is 0 Å². The Kier molecular flexibility index (Phi) is 9.45. The first-order valence-electron chi connectivity index (χ1n) is 27.0. The summed E-state index contributed by atoms with van der Waals surface area (Å²) in [5.41, 5.74) is 26.1. The standard InChI is InChI=1S/C74H52N2/c1-3-17-55(18-4-1)75(59-39-41-65-63-23-11-13-25-69(63)73(71(65)43-59)45-53-29-27-51-15-7-9-21-61(51)67(53)47-73)57-35-31-49(32-36-57)50-33-37-58(38-34-50)76(56-19-5-2-6-20-56)60-40-42-66-64-24-12-14-26-70(64)74(72(66)44-60)46-54-30-28-52-16-8-10-22-62(52)68(54)48-74/h1-44H,45-48H2. The van der Waals surface area contributed by atoms with E-state index in [-0.39, 0.29) is 10.8 Å². The third-order valence-electron chi connectivity index (χ3n) is 17.8. The van der Waals surface area contributed by atoms with Crippen LogP contribution in [0.1, 0.15) is 44.5 Å². The largest absolute Gasteiger partial charge is 0.310 e. The van der Waals surface area contributed by atoms with Gasteiger partial charge in [0.05, 0.1) is 0 Å². The van der Waals surface area contributed by atoms with Gasteiger partial charge in [0.15, 0.2) is 0 Å². The van der Waals surface area contributed by atoms with Gasteiger partial charge in [-0.1, -0.05) is 194 Å². The molecule has 12 aromatic rings. The van der Waals surface area contributed by atoms with Crippen molar-refractivity contribution in [3.63, 3.8) is 0 Å². The van der Waals surface area contributed by atoms with Gasteiger partial charge in [-0.15, -0.1) is 0 Å². The Morgan fingerprint density at radius 1 is 0.250 bits per heavy atom. The van der Waals surface area contributed by atoms with Crippen molar-refractivity contribution in [3.05, 3.63) is 311 Å². The Bertz CT molecular complexity index is 4010. The topological polar surface area (TPSA) is 6.48 Å². The summed E-state index contributed by atoms with van der Waals surface area (Å²) >= 11 is 0. The molecule has 0 N–H and O–H groups in total. The fraction of sp³-hybridized carbons (Fsp3) is 0.0811. The quantitative estimate of drug-likeness (QED) is 0.157. The number of hydrogen-bond acceptors (Lipinski definition) is 2. The van der Waals surface area contributed by atoms with Crippen LogP contribution in [-0.4, -0.2) is 0 Å². The van der Waals surface area contributed by atoms with E-state index in [1.54, 1.807) is 0 Å². The van der Waals surface area contributed by atoms with Crippen molar-refractivity contribution in [2.45, 2.75) is 36.5 Å². The molecule has 76 heavy (non-hydrogen) atoms. The van der Waals surface area contributed by atoms with Crippen molar-refractivity contribution < 1.29 is 0 Å². The third kappa shape index (κ3) is 6.40. The molecular formula is C74H52N2. The molecule has 0 saturated carbocycles. The first kappa shape index (κ1) is 43.2. The lowest BCUT2D eigenvalue weighted by molar-refractivity contribution is 0.564. The Balaban J connectivity index is 0.745. The molecule has 0 amide bonds. The normalized spacial score (nSPS) is 17.1. The highest BCUT2D eigenvalue weighted by Gasteiger charge is 2.49. The van der Waals surface area contributed by atoms with Crippen molar-refractivity contribution >= 4 is 55.7 Å². The van der Waals surface area contributed by atoms with Gasteiger partial charge in [-0.05, 0) is 198 Å². The van der Waals surface area contributed by atoms with E-state index in [0.717, 1.165) is 48.4 Å². The molecule has 2 atom stereocenters. The average molecular weight is 969 g/mol. The Labute approximate surface area is 444 Å². The van der Waals surface area contributed by atoms with Crippen molar-refractivity contribution in [2.75, 3.05) is 9.80 Å². The summed E-state index contributed by atoms with van der Waals surface area (Å²) in [7, 11) is 0. The first-order valence-corrected chi connectivity index (χ1v) is 27.0. The zero-order valence-electron chi connectivity index (χ0n) is 42.1. The van der Waals surface area contributed by atoms with E-state index >= 15 is 0 Å². The summed E-state index contributed by atoms with van der Waals surface area (Å²) in [5, 5.41) is 5.41. The van der Waals surface area contributed by atoms with E-state index in [2.05, 4.69) is 277 Å². The van der Waals surface area contributed by atoms with Crippen LogP contribution in [0.25, 0.3) is 54.9 Å². The van der Waals surface area contributed by atoms with Crippen LogP contribution in [0.4, 0.5) is 34.1 Å². The summed E-state index contributed by atoms with van der Waals surface area (Å²) in [6.07, 6.45) is 3.99. The minimum Gasteiger partial charge on any atom is -0.310 e. The van der Waals surface area contributed by atoms with E-state index in [1.165, 1.54) is 111 Å². The predicted molar refractivity (Wildman–Crippen MR) is 316 cm³/mol. The molecule has 2 nitrogen and oxygen atoms in total. The number of fused-ring (bicyclic) bond motifs is 16. The van der Waals surface area contributed by atoms with Crippen molar-refractivity contribution in [3.8, 4) is 33.4 Å². The summed E-state index contributed by atoms with van der Waals surface area (Å²) in [5.74, 6) is 0. The molecule has 12 aromatic carbocycles. The first-order chi connectivity index (χ1) is 37.6. The maximum absolute atomic E-state index is 2.51. The molecule has 0 aliphatic heterocycles. The summed E-state index contributed by atoms with van der Waals surface area (Å²) in [4.78, 5) is 4.87. The van der Waals surface area contributed by atoms with E-state index in [0.29, 0.717) is 0 Å². The maximum atomic E-state index is 2.51. The highest BCUT2D eigenvalue weighted by molar-refractivity contribution is 5.94. The predicted octanol–water partition coefficient (Wildman–Crippen LogP) is 18.7. The van der Waals surface area contributed by atoms with Gasteiger partial charge in [0, 0.05) is 45.0 Å². The van der Waals surface area contributed by atoms with Crippen LogP contribution >= 0.6 is 0 Å². The van der Waals surface area contributed by atoms with Crippen LogP contribution in [0.3, 0.4) is 0 Å². The monoisotopic (exact) mass is 968 g/mol. The molecule has 358 valence electrons. The lowest BCUT2D eigenvalue weighted by atomic mass is 9.75.